The van der Waals surface area contributed by atoms with Crippen LogP contribution in [0.3, 0.4) is 0 Å². The Labute approximate surface area is 159 Å². The molecule has 0 aliphatic heterocycles. The smallest absolute Gasteiger partial charge is 0.267 e. The minimum Gasteiger partial charge on any atom is -0.370 e. The van der Waals surface area contributed by atoms with Crippen molar-refractivity contribution in [2.24, 2.45) is 5.73 Å². The zero-order valence-corrected chi connectivity index (χ0v) is 15.9. The molecular formula is C19H19N3O2S2. The predicted molar refractivity (Wildman–Crippen MR) is 106 cm³/mol. The van der Waals surface area contributed by atoms with Gasteiger partial charge >= 0.3 is 0 Å². The molecule has 1 aliphatic carbocycles. The summed E-state index contributed by atoms with van der Waals surface area (Å²) >= 11 is 3.05. The summed E-state index contributed by atoms with van der Waals surface area (Å²) < 4.78 is 1.68. The molecule has 5 nitrogen and oxygen atoms in total. The number of benzene rings is 1. The zero-order chi connectivity index (χ0) is 18.1. The molecule has 0 bridgehead atoms. The van der Waals surface area contributed by atoms with E-state index in [1.54, 1.807) is 15.9 Å². The predicted octanol–water partition coefficient (Wildman–Crippen LogP) is 3.29. The van der Waals surface area contributed by atoms with Crippen molar-refractivity contribution in [3.05, 3.63) is 51.1 Å². The number of rotatable bonds is 5. The fourth-order valence-electron chi connectivity index (χ4n) is 3.33. The van der Waals surface area contributed by atoms with Gasteiger partial charge in [-0.3, -0.25) is 14.2 Å². The van der Waals surface area contributed by atoms with E-state index in [0.717, 1.165) is 35.2 Å². The molecule has 1 aromatic carbocycles. The second-order valence-corrected chi connectivity index (χ2v) is 8.47. The fourth-order valence-corrected chi connectivity index (χ4v) is 5.60. The first-order chi connectivity index (χ1) is 12.6. The van der Waals surface area contributed by atoms with E-state index in [9.17, 15) is 9.59 Å². The molecule has 0 spiro atoms. The highest BCUT2D eigenvalue weighted by Crippen LogP contribution is 2.35. The summed E-state index contributed by atoms with van der Waals surface area (Å²) in [6, 6.07) is 9.56. The molecule has 0 radical (unpaired) electrons. The van der Waals surface area contributed by atoms with Gasteiger partial charge in [-0.15, -0.1) is 11.3 Å². The van der Waals surface area contributed by atoms with E-state index in [4.69, 9.17) is 10.7 Å². The third-order valence-electron chi connectivity index (χ3n) is 4.55. The average molecular weight is 386 g/mol. The fraction of sp³-hybridized carbons (Fsp3) is 0.316. The molecule has 7 heteroatoms. The number of nitrogens with zero attached hydrogens (tertiary/aromatic N) is 2. The highest BCUT2D eigenvalue weighted by molar-refractivity contribution is 7.99. The van der Waals surface area contributed by atoms with Gasteiger partial charge in [-0.25, -0.2) is 4.98 Å². The van der Waals surface area contributed by atoms with Gasteiger partial charge in [0, 0.05) is 17.1 Å². The first-order valence-corrected chi connectivity index (χ1v) is 10.5. The van der Waals surface area contributed by atoms with Crippen molar-refractivity contribution in [3.8, 4) is 5.69 Å². The number of aryl methyl sites for hydroxylation is 2. The summed E-state index contributed by atoms with van der Waals surface area (Å²) in [5, 5.41) is 1.39. The molecule has 4 rings (SSSR count). The molecule has 3 aromatic rings. The quantitative estimate of drug-likeness (QED) is 0.540. The van der Waals surface area contributed by atoms with Crippen molar-refractivity contribution in [2.45, 2.75) is 37.3 Å². The Morgan fingerprint density at radius 1 is 1.23 bits per heavy atom. The van der Waals surface area contributed by atoms with Crippen LogP contribution in [-0.2, 0) is 17.6 Å². The van der Waals surface area contributed by atoms with Crippen LogP contribution in [0.5, 0.6) is 0 Å². The first-order valence-electron chi connectivity index (χ1n) is 8.69. The lowest BCUT2D eigenvalue weighted by Crippen LogP contribution is -2.22. The number of carbonyl (C=O) groups is 1. The Bertz CT molecular complexity index is 1020. The maximum atomic E-state index is 13.4. The van der Waals surface area contributed by atoms with Gasteiger partial charge in [0.15, 0.2) is 5.16 Å². The highest BCUT2D eigenvalue weighted by Gasteiger charge is 2.22. The lowest BCUT2D eigenvalue weighted by Gasteiger charge is -2.13. The number of amides is 1. The summed E-state index contributed by atoms with van der Waals surface area (Å²) in [4.78, 5) is 31.4. The van der Waals surface area contributed by atoms with Crippen LogP contribution in [0.25, 0.3) is 15.9 Å². The van der Waals surface area contributed by atoms with Crippen molar-refractivity contribution in [3.63, 3.8) is 0 Å². The van der Waals surface area contributed by atoms with Crippen LogP contribution in [0.2, 0.25) is 0 Å². The van der Waals surface area contributed by atoms with Gasteiger partial charge in [0.25, 0.3) is 5.56 Å². The molecule has 134 valence electrons. The Morgan fingerprint density at radius 2 is 2.00 bits per heavy atom. The van der Waals surface area contributed by atoms with Crippen molar-refractivity contribution in [1.29, 1.82) is 0 Å². The molecule has 0 saturated heterocycles. The first kappa shape index (κ1) is 17.3. The molecule has 1 aliphatic rings. The van der Waals surface area contributed by atoms with Gasteiger partial charge in [0.2, 0.25) is 5.91 Å². The van der Waals surface area contributed by atoms with Crippen molar-refractivity contribution in [1.82, 2.24) is 9.55 Å². The summed E-state index contributed by atoms with van der Waals surface area (Å²) in [5.74, 6) is 0.157. The molecule has 0 atom stereocenters. The molecule has 1 amide bonds. The maximum absolute atomic E-state index is 13.4. The molecule has 0 saturated carbocycles. The van der Waals surface area contributed by atoms with Crippen LogP contribution >= 0.6 is 23.1 Å². The Kier molecular flexibility index (Phi) is 4.82. The normalized spacial score (nSPS) is 13.7. The van der Waals surface area contributed by atoms with Crippen LogP contribution < -0.4 is 11.3 Å². The van der Waals surface area contributed by atoms with Gasteiger partial charge in [-0.2, -0.15) is 0 Å². The lowest BCUT2D eigenvalue weighted by molar-refractivity contribution is -0.117. The summed E-state index contributed by atoms with van der Waals surface area (Å²) in [7, 11) is 0. The van der Waals surface area contributed by atoms with Crippen molar-refractivity contribution in [2.75, 3.05) is 5.75 Å². The third-order valence-corrected chi connectivity index (χ3v) is 6.68. The van der Waals surface area contributed by atoms with Crippen LogP contribution in [0.15, 0.2) is 40.3 Å². The molecule has 0 fully saturated rings. The van der Waals surface area contributed by atoms with Crippen molar-refractivity contribution >= 4 is 39.2 Å². The molecular weight excluding hydrogens is 366 g/mol. The summed E-state index contributed by atoms with van der Waals surface area (Å²) in [6.45, 7) is 0. The SMILES string of the molecule is NC(=O)CCSc1nc2sc3c(c2c(=O)n1-c1ccccc1)CCCC3. The standard InChI is InChI=1S/C19H19N3O2S2/c20-15(23)10-11-25-19-21-17-16(13-8-4-5-9-14(13)26-17)18(24)22(19)12-6-2-1-3-7-12/h1-3,6-7H,4-5,8-11H2,(H2,20,23). The van der Waals surface area contributed by atoms with E-state index in [1.165, 1.54) is 28.6 Å². The van der Waals surface area contributed by atoms with Crippen LogP contribution in [0.4, 0.5) is 0 Å². The van der Waals surface area contributed by atoms with Crippen LogP contribution in [0, 0.1) is 0 Å². The molecule has 2 N–H and O–H groups in total. The topological polar surface area (TPSA) is 78.0 Å². The monoisotopic (exact) mass is 385 g/mol. The van der Waals surface area contributed by atoms with Gasteiger partial charge in [-0.1, -0.05) is 30.0 Å². The van der Waals surface area contributed by atoms with E-state index in [1.807, 2.05) is 30.3 Å². The highest BCUT2D eigenvalue weighted by atomic mass is 32.2. The number of hydrogen-bond donors (Lipinski definition) is 1. The number of nitrogens with two attached hydrogens (primary N) is 1. The Morgan fingerprint density at radius 3 is 2.77 bits per heavy atom. The zero-order valence-electron chi connectivity index (χ0n) is 14.2. The van der Waals surface area contributed by atoms with Gasteiger partial charge in [0.05, 0.1) is 11.1 Å². The maximum Gasteiger partial charge on any atom is 0.267 e. The van der Waals surface area contributed by atoms with E-state index in [0.29, 0.717) is 10.9 Å². The third kappa shape index (κ3) is 3.17. The summed E-state index contributed by atoms with van der Waals surface area (Å²) in [6.07, 6.45) is 4.54. The van der Waals surface area contributed by atoms with E-state index >= 15 is 0 Å². The number of hydrogen-bond acceptors (Lipinski definition) is 5. The second-order valence-electron chi connectivity index (χ2n) is 6.33. The molecule has 2 aromatic heterocycles. The molecule has 0 unspecified atom stereocenters. The van der Waals surface area contributed by atoms with Crippen LogP contribution in [0.1, 0.15) is 29.7 Å². The Balaban J connectivity index is 1.90. The van der Waals surface area contributed by atoms with Gasteiger partial charge in [0.1, 0.15) is 4.83 Å². The number of thiophene rings is 1. The number of para-hydroxylation sites is 1. The van der Waals surface area contributed by atoms with Crippen LogP contribution in [-0.4, -0.2) is 21.2 Å². The number of aromatic nitrogens is 2. The lowest BCUT2D eigenvalue weighted by atomic mass is 9.97. The number of thioether (sulfide) groups is 1. The second kappa shape index (κ2) is 7.25. The minimum absolute atomic E-state index is 0.0119. The van der Waals surface area contributed by atoms with E-state index < -0.39 is 0 Å². The number of carbonyl (C=O) groups excluding carboxylic acids is 1. The Hall–Kier alpha value is -2.12. The van der Waals surface area contributed by atoms with Gasteiger partial charge < -0.3 is 5.73 Å². The van der Waals surface area contributed by atoms with Gasteiger partial charge in [-0.05, 0) is 43.4 Å². The largest absolute Gasteiger partial charge is 0.370 e. The van der Waals surface area contributed by atoms with E-state index in [2.05, 4.69) is 0 Å². The average Bonchev–Trinajstić information content (AvgIpc) is 3.01. The minimum atomic E-state index is -0.348. The van der Waals surface area contributed by atoms with E-state index in [-0.39, 0.29) is 17.9 Å². The molecule has 2 heterocycles. The number of primary amides is 1. The van der Waals surface area contributed by atoms with Crippen molar-refractivity contribution < 1.29 is 4.79 Å². The number of fused-ring (bicyclic) bond motifs is 3. The molecule has 26 heavy (non-hydrogen) atoms. The summed E-state index contributed by atoms with van der Waals surface area (Å²) in [5.41, 5.74) is 7.22.